The van der Waals surface area contributed by atoms with Crippen LogP contribution in [-0.4, -0.2) is 17.2 Å². The average Bonchev–Trinajstić information content (AvgIpc) is 2.65. The molecule has 1 atom stereocenters. The Morgan fingerprint density at radius 1 is 0.923 bits per heavy atom. The fourth-order valence-corrected chi connectivity index (χ4v) is 2.92. The monoisotopic (exact) mass is 346 g/mol. The van der Waals surface area contributed by atoms with Crippen molar-refractivity contribution < 1.29 is 14.6 Å². The highest BCUT2D eigenvalue weighted by atomic mass is 16.5. The van der Waals surface area contributed by atoms with Crippen molar-refractivity contribution in [1.29, 1.82) is 0 Å². The third-order valence-corrected chi connectivity index (χ3v) is 4.43. The molecule has 0 radical (unpaired) electrons. The molecule has 0 saturated heterocycles. The number of hydrogen-bond donors (Lipinski definition) is 1. The van der Waals surface area contributed by atoms with E-state index in [0.29, 0.717) is 12.2 Å². The summed E-state index contributed by atoms with van der Waals surface area (Å²) in [4.78, 5) is 11.7. The Labute approximate surface area is 153 Å². The van der Waals surface area contributed by atoms with Crippen LogP contribution in [-0.2, 0) is 11.2 Å². The number of ether oxygens (including phenoxy) is 1. The molecule has 0 spiro atoms. The van der Waals surface area contributed by atoms with Crippen molar-refractivity contribution >= 4 is 5.97 Å². The molecule has 0 amide bonds. The summed E-state index contributed by atoms with van der Waals surface area (Å²) in [6, 6.07) is 23.6. The van der Waals surface area contributed by atoms with Gasteiger partial charge in [0.05, 0.1) is 0 Å². The summed E-state index contributed by atoms with van der Waals surface area (Å²) in [7, 11) is 0. The summed E-state index contributed by atoms with van der Waals surface area (Å²) in [5, 5.41) is 9.56. The van der Waals surface area contributed by atoms with E-state index in [0.717, 1.165) is 27.8 Å². The quantitative estimate of drug-likeness (QED) is 0.680. The number of rotatable bonds is 6. The van der Waals surface area contributed by atoms with Crippen molar-refractivity contribution in [2.75, 3.05) is 0 Å². The molecule has 0 heterocycles. The Kier molecular flexibility index (Phi) is 5.37. The smallest absolute Gasteiger partial charge is 0.345 e. The van der Waals surface area contributed by atoms with Crippen LogP contribution < -0.4 is 4.74 Å². The molecule has 0 fully saturated rings. The minimum absolute atomic E-state index is 0.337. The minimum Gasteiger partial charge on any atom is -0.478 e. The van der Waals surface area contributed by atoms with E-state index in [2.05, 4.69) is 0 Å². The molecule has 3 nitrogen and oxygen atoms in total. The molecule has 3 rings (SSSR count). The van der Waals surface area contributed by atoms with E-state index in [-0.39, 0.29) is 0 Å². The molecular weight excluding hydrogens is 324 g/mol. The van der Waals surface area contributed by atoms with Crippen LogP contribution in [0.2, 0.25) is 0 Å². The minimum atomic E-state index is -0.960. The Morgan fingerprint density at radius 2 is 1.58 bits per heavy atom. The molecule has 0 aliphatic carbocycles. The molecular formula is C23H22O3. The average molecular weight is 346 g/mol. The zero-order valence-corrected chi connectivity index (χ0v) is 15.0. The van der Waals surface area contributed by atoms with Gasteiger partial charge in [-0.2, -0.15) is 0 Å². The zero-order valence-electron chi connectivity index (χ0n) is 15.0. The van der Waals surface area contributed by atoms with Crippen LogP contribution in [0.25, 0.3) is 11.1 Å². The Bertz CT molecular complexity index is 883. The number of hydrogen-bond acceptors (Lipinski definition) is 2. The molecule has 0 bridgehead atoms. The fourth-order valence-electron chi connectivity index (χ4n) is 2.92. The summed E-state index contributed by atoms with van der Waals surface area (Å²) in [5.74, 6) is -0.402. The second-order valence-corrected chi connectivity index (χ2v) is 6.47. The molecule has 3 aromatic rings. The van der Waals surface area contributed by atoms with E-state index in [9.17, 15) is 9.90 Å². The van der Waals surface area contributed by atoms with Gasteiger partial charge in [0.25, 0.3) is 0 Å². The standard InChI is InChI=1S/C23H22O3/c1-16-8-9-17(2)20(14-16)15-22(23(24)25)26-21-12-10-19(11-13-21)18-6-4-3-5-7-18/h3-14,22H,15H2,1-2H3,(H,24,25). The van der Waals surface area contributed by atoms with Gasteiger partial charge in [-0.15, -0.1) is 0 Å². The Balaban J connectivity index is 1.76. The molecule has 0 saturated carbocycles. The van der Waals surface area contributed by atoms with Gasteiger partial charge in [-0.25, -0.2) is 4.79 Å². The van der Waals surface area contributed by atoms with Crippen molar-refractivity contribution in [3.8, 4) is 16.9 Å². The normalized spacial score (nSPS) is 11.8. The van der Waals surface area contributed by atoms with Gasteiger partial charge in [0, 0.05) is 6.42 Å². The predicted octanol–water partition coefficient (Wildman–Crippen LogP) is 5.05. The summed E-state index contributed by atoms with van der Waals surface area (Å²) in [6.45, 7) is 3.99. The highest BCUT2D eigenvalue weighted by molar-refractivity contribution is 5.73. The number of benzene rings is 3. The van der Waals surface area contributed by atoms with E-state index >= 15 is 0 Å². The molecule has 3 heteroatoms. The summed E-state index contributed by atoms with van der Waals surface area (Å²) < 4.78 is 5.77. The van der Waals surface area contributed by atoms with E-state index in [4.69, 9.17) is 4.74 Å². The van der Waals surface area contributed by atoms with Crippen LogP contribution >= 0.6 is 0 Å². The number of carbonyl (C=O) groups is 1. The third kappa shape index (κ3) is 4.31. The van der Waals surface area contributed by atoms with Gasteiger partial charge in [-0.3, -0.25) is 0 Å². The second-order valence-electron chi connectivity index (χ2n) is 6.47. The lowest BCUT2D eigenvalue weighted by molar-refractivity contribution is -0.145. The number of carboxylic acid groups (broad SMARTS) is 1. The van der Waals surface area contributed by atoms with Gasteiger partial charge < -0.3 is 9.84 Å². The topological polar surface area (TPSA) is 46.5 Å². The van der Waals surface area contributed by atoms with Crippen molar-refractivity contribution in [3.63, 3.8) is 0 Å². The zero-order chi connectivity index (χ0) is 18.5. The molecule has 1 unspecified atom stereocenters. The molecule has 1 N–H and O–H groups in total. The SMILES string of the molecule is Cc1ccc(C)c(CC(Oc2ccc(-c3ccccc3)cc2)C(=O)O)c1. The van der Waals surface area contributed by atoms with Crippen LogP contribution in [0, 0.1) is 13.8 Å². The van der Waals surface area contributed by atoms with Gasteiger partial charge >= 0.3 is 5.97 Å². The lowest BCUT2D eigenvalue weighted by atomic mass is 10.00. The predicted molar refractivity (Wildman–Crippen MR) is 104 cm³/mol. The van der Waals surface area contributed by atoms with E-state index in [1.54, 1.807) is 0 Å². The van der Waals surface area contributed by atoms with Crippen molar-refractivity contribution in [2.45, 2.75) is 26.4 Å². The lowest BCUT2D eigenvalue weighted by Gasteiger charge is -2.17. The number of carboxylic acids is 1. The summed E-state index contributed by atoms with van der Waals surface area (Å²) in [5.41, 5.74) is 5.37. The molecule has 0 aliphatic heterocycles. The lowest BCUT2D eigenvalue weighted by Crippen LogP contribution is -2.29. The summed E-state index contributed by atoms with van der Waals surface area (Å²) >= 11 is 0. The first-order valence-corrected chi connectivity index (χ1v) is 8.64. The van der Waals surface area contributed by atoms with Crippen LogP contribution in [0.15, 0.2) is 72.8 Å². The molecule has 0 aliphatic rings. The second kappa shape index (κ2) is 7.87. The Morgan fingerprint density at radius 3 is 2.23 bits per heavy atom. The fraction of sp³-hybridized carbons (Fsp3) is 0.174. The maximum absolute atomic E-state index is 11.7. The highest BCUT2D eigenvalue weighted by Crippen LogP contribution is 2.23. The first-order valence-electron chi connectivity index (χ1n) is 8.64. The van der Waals surface area contributed by atoms with Crippen LogP contribution in [0.5, 0.6) is 5.75 Å². The first kappa shape index (κ1) is 17.7. The van der Waals surface area contributed by atoms with E-state index in [1.165, 1.54) is 0 Å². The van der Waals surface area contributed by atoms with Crippen LogP contribution in [0.1, 0.15) is 16.7 Å². The summed E-state index contributed by atoms with van der Waals surface area (Å²) in [6.07, 6.45) is -0.582. The van der Waals surface area contributed by atoms with Gasteiger partial charge in [-0.05, 0) is 48.2 Å². The van der Waals surface area contributed by atoms with Crippen molar-refractivity contribution in [2.24, 2.45) is 0 Å². The number of aliphatic carboxylic acids is 1. The van der Waals surface area contributed by atoms with E-state index < -0.39 is 12.1 Å². The molecule has 3 aromatic carbocycles. The molecule has 132 valence electrons. The molecule has 26 heavy (non-hydrogen) atoms. The van der Waals surface area contributed by atoms with Gasteiger partial charge in [0.1, 0.15) is 5.75 Å². The molecule has 0 aromatic heterocycles. The first-order chi connectivity index (χ1) is 12.5. The Hall–Kier alpha value is -3.07. The number of aryl methyl sites for hydroxylation is 2. The third-order valence-electron chi connectivity index (χ3n) is 4.43. The largest absolute Gasteiger partial charge is 0.478 e. The van der Waals surface area contributed by atoms with E-state index in [1.807, 2.05) is 86.6 Å². The van der Waals surface area contributed by atoms with Crippen molar-refractivity contribution in [3.05, 3.63) is 89.5 Å². The maximum Gasteiger partial charge on any atom is 0.345 e. The highest BCUT2D eigenvalue weighted by Gasteiger charge is 2.21. The van der Waals surface area contributed by atoms with Gasteiger partial charge in [0.15, 0.2) is 6.10 Å². The van der Waals surface area contributed by atoms with Crippen molar-refractivity contribution in [1.82, 2.24) is 0 Å². The van der Waals surface area contributed by atoms with Gasteiger partial charge in [-0.1, -0.05) is 66.2 Å². The van der Waals surface area contributed by atoms with Gasteiger partial charge in [0.2, 0.25) is 0 Å². The maximum atomic E-state index is 11.7. The van der Waals surface area contributed by atoms with Crippen LogP contribution in [0.3, 0.4) is 0 Å². The van der Waals surface area contributed by atoms with Crippen LogP contribution in [0.4, 0.5) is 0 Å².